The first-order chi connectivity index (χ1) is 19.7. The number of nitrogens with one attached hydrogen (secondary N) is 3. The van der Waals surface area contributed by atoms with Crippen molar-refractivity contribution in [1.29, 1.82) is 0 Å². The van der Waals surface area contributed by atoms with Gasteiger partial charge < -0.3 is 15.0 Å². The first-order valence-corrected chi connectivity index (χ1v) is 13.7. The number of aromatic amines is 1. The van der Waals surface area contributed by atoms with Gasteiger partial charge in [0.1, 0.15) is 11.3 Å². The van der Waals surface area contributed by atoms with Gasteiger partial charge in [-0.25, -0.2) is 4.90 Å². The number of aryl methyl sites for hydroxylation is 1. The molecule has 10 heteroatoms. The molecule has 3 aliphatic heterocycles. The summed E-state index contributed by atoms with van der Waals surface area (Å²) in [5.41, 5.74) is 2.73. The Hall–Kier alpha value is -4.47. The summed E-state index contributed by atoms with van der Waals surface area (Å²) in [4.78, 5) is 58.1. The number of anilines is 2. The average molecular weight is 569 g/mol. The minimum absolute atomic E-state index is 0.296. The van der Waals surface area contributed by atoms with Gasteiger partial charge in [0, 0.05) is 46.3 Å². The van der Waals surface area contributed by atoms with Crippen LogP contribution in [0, 0.1) is 18.8 Å². The Bertz CT molecular complexity index is 1800. The van der Waals surface area contributed by atoms with Gasteiger partial charge in [0.15, 0.2) is 0 Å². The van der Waals surface area contributed by atoms with Crippen LogP contribution in [-0.4, -0.2) is 34.7 Å². The number of carbonyl (C=O) groups excluding carboxylic acids is 4. The normalized spacial score (nSPS) is 24.7. The molecule has 0 aliphatic carbocycles. The number of halogens is 1. The smallest absolute Gasteiger partial charge is 0.308 e. The zero-order chi connectivity index (χ0) is 28.6. The predicted molar refractivity (Wildman–Crippen MR) is 153 cm³/mol. The molecule has 0 bridgehead atoms. The highest BCUT2D eigenvalue weighted by Crippen LogP contribution is 2.55. The number of H-pyrrole nitrogens is 1. The van der Waals surface area contributed by atoms with E-state index in [1.807, 2.05) is 37.4 Å². The number of nitrogens with zero attached hydrogens (tertiary/aromatic N) is 1. The van der Waals surface area contributed by atoms with Crippen LogP contribution in [0.2, 0.25) is 5.02 Å². The minimum atomic E-state index is -1.48. The largest absolute Gasteiger partial charge is 0.427 e. The van der Waals surface area contributed by atoms with Crippen LogP contribution in [0.4, 0.5) is 11.4 Å². The Morgan fingerprint density at radius 1 is 1.05 bits per heavy atom. The van der Waals surface area contributed by atoms with Crippen LogP contribution in [0.5, 0.6) is 5.75 Å². The number of rotatable bonds is 4. The van der Waals surface area contributed by atoms with Crippen molar-refractivity contribution in [2.45, 2.75) is 31.8 Å². The molecule has 3 N–H and O–H groups in total. The highest BCUT2D eigenvalue weighted by atomic mass is 35.5. The van der Waals surface area contributed by atoms with E-state index in [1.54, 1.807) is 24.3 Å². The zero-order valence-electron chi connectivity index (χ0n) is 22.2. The molecular weight excluding hydrogens is 544 g/mol. The molecule has 1 spiro atoms. The van der Waals surface area contributed by atoms with E-state index in [0.29, 0.717) is 34.1 Å². The van der Waals surface area contributed by atoms with Crippen molar-refractivity contribution in [3.05, 3.63) is 88.6 Å². The third-order valence-corrected chi connectivity index (χ3v) is 8.68. The zero-order valence-corrected chi connectivity index (χ0v) is 22.9. The fraction of sp³-hybridized carbons (Fsp3) is 0.226. The Morgan fingerprint density at radius 2 is 1.80 bits per heavy atom. The molecule has 41 heavy (non-hydrogen) atoms. The predicted octanol–water partition coefficient (Wildman–Crippen LogP) is 4.22. The number of amides is 3. The Kier molecular flexibility index (Phi) is 5.61. The van der Waals surface area contributed by atoms with Crippen LogP contribution in [0.15, 0.2) is 66.9 Å². The third kappa shape index (κ3) is 3.66. The summed E-state index contributed by atoms with van der Waals surface area (Å²) in [7, 11) is 0. The maximum Gasteiger partial charge on any atom is 0.308 e. The van der Waals surface area contributed by atoms with Gasteiger partial charge >= 0.3 is 5.97 Å². The van der Waals surface area contributed by atoms with E-state index in [4.69, 9.17) is 16.3 Å². The number of benzene rings is 3. The molecule has 0 unspecified atom stereocenters. The van der Waals surface area contributed by atoms with Crippen LogP contribution in [-0.2, 0) is 31.1 Å². The lowest BCUT2D eigenvalue weighted by atomic mass is 9.76. The molecule has 2 fully saturated rings. The number of para-hydroxylation sites is 1. The standard InChI is InChI=1S/C31H25ClN4O5/c1-15-11-18(32)13-22-27(15)34-30(40)31(22)26-25(24(35-31)12-17-14-33-23-6-4-3-5-21(17)23)28(38)36(29(26)39)19-7-9-20(10-8-19)41-16(2)37/h3-11,13-14,24-26,33,35H,12H2,1-2H3,(H,34,40)/t24-,25+,26+,31+/m0/s1. The number of hydrogen-bond donors (Lipinski definition) is 3. The molecule has 1 aromatic heterocycles. The molecular formula is C31H25ClN4O5. The van der Waals surface area contributed by atoms with Crippen LogP contribution in [0.3, 0.4) is 0 Å². The van der Waals surface area contributed by atoms with Gasteiger partial charge in [0.05, 0.1) is 17.5 Å². The first-order valence-electron chi connectivity index (χ1n) is 13.3. The monoisotopic (exact) mass is 568 g/mol. The number of imide groups is 1. The van der Waals surface area contributed by atoms with E-state index in [2.05, 4.69) is 15.6 Å². The second-order valence-electron chi connectivity index (χ2n) is 10.8. The summed E-state index contributed by atoms with van der Waals surface area (Å²) >= 11 is 6.47. The summed E-state index contributed by atoms with van der Waals surface area (Å²) in [5, 5.41) is 7.90. The van der Waals surface area contributed by atoms with Crippen LogP contribution in [0.25, 0.3) is 10.9 Å². The van der Waals surface area contributed by atoms with Crippen molar-refractivity contribution in [2.24, 2.45) is 11.8 Å². The van der Waals surface area contributed by atoms with E-state index in [-0.39, 0.29) is 5.91 Å². The maximum absolute atomic E-state index is 14.3. The Balaban J connectivity index is 1.35. The summed E-state index contributed by atoms with van der Waals surface area (Å²) in [6.07, 6.45) is 2.32. The minimum Gasteiger partial charge on any atom is -0.427 e. The fourth-order valence-corrected chi connectivity index (χ4v) is 7.10. The highest BCUT2D eigenvalue weighted by molar-refractivity contribution is 6.31. The molecule has 4 atom stereocenters. The van der Waals surface area contributed by atoms with Gasteiger partial charge in [-0.15, -0.1) is 0 Å². The van der Waals surface area contributed by atoms with E-state index in [0.717, 1.165) is 26.9 Å². The quantitative estimate of drug-likeness (QED) is 0.193. The molecule has 4 aromatic rings. The van der Waals surface area contributed by atoms with E-state index < -0.39 is 41.2 Å². The second-order valence-corrected chi connectivity index (χ2v) is 11.3. The average Bonchev–Trinajstić information content (AvgIpc) is 3.64. The number of aromatic nitrogens is 1. The molecule has 4 heterocycles. The molecule has 3 aromatic carbocycles. The number of fused-ring (bicyclic) bond motifs is 5. The van der Waals surface area contributed by atoms with Crippen molar-refractivity contribution < 1.29 is 23.9 Å². The summed E-state index contributed by atoms with van der Waals surface area (Å²) < 4.78 is 5.12. The van der Waals surface area contributed by atoms with Gasteiger partial charge in [-0.1, -0.05) is 29.8 Å². The summed E-state index contributed by atoms with van der Waals surface area (Å²) in [5.74, 6) is -3.26. The molecule has 7 rings (SSSR count). The van der Waals surface area contributed by atoms with Gasteiger partial charge in [-0.05, 0) is 66.9 Å². The Morgan fingerprint density at radius 3 is 2.56 bits per heavy atom. The molecule has 0 saturated carbocycles. The van der Waals surface area contributed by atoms with Crippen molar-refractivity contribution in [3.63, 3.8) is 0 Å². The van der Waals surface area contributed by atoms with Crippen LogP contribution in [0.1, 0.15) is 23.6 Å². The van der Waals surface area contributed by atoms with Crippen molar-refractivity contribution in [3.8, 4) is 5.75 Å². The van der Waals surface area contributed by atoms with Gasteiger partial charge in [0.25, 0.3) is 0 Å². The fourth-order valence-electron chi connectivity index (χ4n) is 6.83. The van der Waals surface area contributed by atoms with Crippen LogP contribution >= 0.6 is 11.6 Å². The lowest BCUT2D eigenvalue weighted by Gasteiger charge is -2.29. The molecule has 3 aliphatic rings. The number of hydrogen-bond acceptors (Lipinski definition) is 6. The maximum atomic E-state index is 14.3. The summed E-state index contributed by atoms with van der Waals surface area (Å²) in [6.45, 7) is 3.14. The van der Waals surface area contributed by atoms with Crippen LogP contribution < -0.4 is 20.3 Å². The van der Waals surface area contributed by atoms with Gasteiger partial charge in [-0.3, -0.25) is 24.5 Å². The molecule has 0 radical (unpaired) electrons. The molecule has 3 amide bonds. The topological polar surface area (TPSA) is 121 Å². The number of esters is 1. The van der Waals surface area contributed by atoms with E-state index in [1.165, 1.54) is 19.1 Å². The second kappa shape index (κ2) is 9.02. The first kappa shape index (κ1) is 25.5. The van der Waals surface area contributed by atoms with Crippen molar-refractivity contribution >= 4 is 57.6 Å². The SMILES string of the molecule is CC(=O)Oc1ccc(N2C(=O)[C@@H]3[C@H](Cc4c[nH]c5ccccc45)N[C@@]4(C(=O)Nc5c(C)cc(Cl)cc54)[C@H]3C2=O)cc1. The number of ether oxygens (including phenoxy) is 1. The van der Waals surface area contributed by atoms with Crippen molar-refractivity contribution in [2.75, 3.05) is 10.2 Å². The van der Waals surface area contributed by atoms with Gasteiger partial charge in [0.2, 0.25) is 17.7 Å². The molecule has 9 nitrogen and oxygen atoms in total. The lowest BCUT2D eigenvalue weighted by molar-refractivity contribution is -0.132. The van der Waals surface area contributed by atoms with Crippen molar-refractivity contribution in [1.82, 2.24) is 10.3 Å². The molecule has 2 saturated heterocycles. The summed E-state index contributed by atoms with van der Waals surface area (Å²) in [6, 6.07) is 17.0. The van der Waals surface area contributed by atoms with E-state index in [9.17, 15) is 19.2 Å². The third-order valence-electron chi connectivity index (χ3n) is 8.46. The Labute approximate surface area is 239 Å². The number of carbonyl (C=O) groups is 4. The highest BCUT2D eigenvalue weighted by Gasteiger charge is 2.70. The lowest BCUT2D eigenvalue weighted by Crippen LogP contribution is -2.53. The van der Waals surface area contributed by atoms with Gasteiger partial charge in [-0.2, -0.15) is 0 Å². The van der Waals surface area contributed by atoms with E-state index >= 15 is 0 Å². The molecule has 206 valence electrons.